The summed E-state index contributed by atoms with van der Waals surface area (Å²) in [6.45, 7) is 3.16. The lowest BCUT2D eigenvalue weighted by Crippen LogP contribution is -2.30. The number of fused-ring (bicyclic) bond motifs is 1. The molecule has 7 nitrogen and oxygen atoms in total. The topological polar surface area (TPSA) is 112 Å². The average molecular weight is 401 g/mol. The normalized spacial score (nSPS) is 11.8. The number of esters is 1. The fourth-order valence-electron chi connectivity index (χ4n) is 2.62. The van der Waals surface area contributed by atoms with Crippen LogP contribution in [0, 0.1) is 6.92 Å². The van der Waals surface area contributed by atoms with Gasteiger partial charge in [-0.2, -0.15) is 0 Å². The van der Waals surface area contributed by atoms with Gasteiger partial charge in [0.2, 0.25) is 11.7 Å². The van der Waals surface area contributed by atoms with Crippen LogP contribution in [0.2, 0.25) is 5.02 Å². The Hall–Kier alpha value is -3.32. The van der Waals surface area contributed by atoms with E-state index in [4.69, 9.17) is 26.5 Å². The van der Waals surface area contributed by atoms with E-state index in [1.807, 2.05) is 0 Å². The van der Waals surface area contributed by atoms with Crippen molar-refractivity contribution < 1.29 is 23.5 Å². The molecule has 3 aromatic rings. The number of anilines is 1. The predicted molar refractivity (Wildman–Crippen MR) is 104 cm³/mol. The molecule has 0 fully saturated rings. The molecule has 0 spiro atoms. The van der Waals surface area contributed by atoms with Crippen LogP contribution in [-0.2, 0) is 9.53 Å². The molecule has 0 unspecified atom stereocenters. The van der Waals surface area contributed by atoms with Gasteiger partial charge in [-0.25, -0.2) is 4.79 Å². The van der Waals surface area contributed by atoms with Gasteiger partial charge >= 0.3 is 5.97 Å². The summed E-state index contributed by atoms with van der Waals surface area (Å²) in [5.74, 6) is -1.83. The molecule has 0 saturated heterocycles. The number of aryl methyl sites for hydroxylation is 1. The molecular weight excluding hydrogens is 384 g/mol. The summed E-state index contributed by atoms with van der Waals surface area (Å²) in [6, 6.07) is 11.0. The number of amides is 2. The lowest BCUT2D eigenvalue weighted by molar-refractivity contribution is -0.123. The molecule has 2 aromatic carbocycles. The third kappa shape index (κ3) is 3.99. The van der Waals surface area contributed by atoms with Crippen molar-refractivity contribution in [3.8, 4) is 0 Å². The molecule has 0 bridgehead atoms. The second-order valence-electron chi connectivity index (χ2n) is 6.18. The number of rotatable bonds is 5. The molecule has 0 aliphatic rings. The summed E-state index contributed by atoms with van der Waals surface area (Å²) >= 11 is 5.97. The van der Waals surface area contributed by atoms with E-state index in [2.05, 4.69) is 5.32 Å². The van der Waals surface area contributed by atoms with Crippen LogP contribution >= 0.6 is 11.6 Å². The molecule has 0 aliphatic carbocycles. The van der Waals surface area contributed by atoms with Gasteiger partial charge in [-0.15, -0.1) is 0 Å². The van der Waals surface area contributed by atoms with E-state index in [0.29, 0.717) is 32.8 Å². The van der Waals surface area contributed by atoms with Crippen LogP contribution in [0.4, 0.5) is 5.69 Å². The van der Waals surface area contributed by atoms with E-state index >= 15 is 0 Å². The number of ether oxygens (including phenoxy) is 1. The lowest BCUT2D eigenvalue weighted by atomic mass is 10.1. The zero-order valence-corrected chi connectivity index (χ0v) is 15.9. The number of benzene rings is 2. The first-order chi connectivity index (χ1) is 13.3. The number of carbonyl (C=O) groups is 3. The van der Waals surface area contributed by atoms with Crippen LogP contribution in [0.15, 0.2) is 46.9 Å². The third-order valence-corrected chi connectivity index (χ3v) is 4.41. The van der Waals surface area contributed by atoms with Gasteiger partial charge in [-0.3, -0.25) is 9.59 Å². The number of hydrogen-bond donors (Lipinski definition) is 2. The fraction of sp³-hybridized carbons (Fsp3) is 0.150. The highest BCUT2D eigenvalue weighted by Crippen LogP contribution is 2.28. The van der Waals surface area contributed by atoms with Gasteiger partial charge in [0.05, 0.1) is 0 Å². The predicted octanol–water partition coefficient (Wildman–Crippen LogP) is 3.68. The van der Waals surface area contributed by atoms with E-state index in [0.717, 1.165) is 0 Å². The summed E-state index contributed by atoms with van der Waals surface area (Å²) in [7, 11) is 0. The van der Waals surface area contributed by atoms with Crippen LogP contribution < -0.4 is 11.1 Å². The largest absolute Gasteiger partial charge is 0.449 e. The zero-order chi connectivity index (χ0) is 20.4. The van der Waals surface area contributed by atoms with Crippen molar-refractivity contribution in [3.63, 3.8) is 0 Å². The highest BCUT2D eigenvalue weighted by Gasteiger charge is 2.24. The molecular formula is C20H17ClN2O5. The van der Waals surface area contributed by atoms with Crippen LogP contribution in [0.25, 0.3) is 11.0 Å². The molecule has 0 aliphatic heterocycles. The zero-order valence-electron chi connectivity index (χ0n) is 15.1. The van der Waals surface area contributed by atoms with Gasteiger partial charge in [0, 0.05) is 27.2 Å². The Bertz CT molecular complexity index is 1070. The average Bonchev–Trinajstić information content (AvgIpc) is 2.98. The van der Waals surface area contributed by atoms with Gasteiger partial charge in [-0.05, 0) is 56.3 Å². The van der Waals surface area contributed by atoms with Crippen molar-refractivity contribution in [1.29, 1.82) is 0 Å². The smallest absolute Gasteiger partial charge is 0.375 e. The molecule has 1 heterocycles. The Morgan fingerprint density at radius 1 is 1.14 bits per heavy atom. The SMILES string of the molecule is Cc1c(C(=O)O[C@H](C)C(=O)Nc2ccc(C(N)=O)cc2)oc2ccc(Cl)cc12. The quantitative estimate of drug-likeness (QED) is 0.634. The van der Waals surface area contributed by atoms with Crippen molar-refractivity contribution in [2.45, 2.75) is 20.0 Å². The van der Waals surface area contributed by atoms with Gasteiger partial charge in [0.15, 0.2) is 6.10 Å². The summed E-state index contributed by atoms with van der Waals surface area (Å²) in [5, 5.41) is 3.82. The van der Waals surface area contributed by atoms with Crippen LogP contribution in [-0.4, -0.2) is 23.9 Å². The Labute approximate surface area is 165 Å². The minimum atomic E-state index is -1.07. The molecule has 0 saturated carbocycles. The maximum absolute atomic E-state index is 12.4. The molecule has 3 N–H and O–H groups in total. The Kier molecular flexibility index (Phi) is 5.37. The van der Waals surface area contributed by atoms with Gasteiger partial charge in [0.25, 0.3) is 5.91 Å². The Morgan fingerprint density at radius 2 is 1.82 bits per heavy atom. The van der Waals surface area contributed by atoms with E-state index < -0.39 is 23.9 Å². The minimum absolute atomic E-state index is 0.0164. The monoisotopic (exact) mass is 400 g/mol. The van der Waals surface area contributed by atoms with Gasteiger partial charge < -0.3 is 20.2 Å². The third-order valence-electron chi connectivity index (χ3n) is 4.17. The first kappa shape index (κ1) is 19.4. The molecule has 1 aromatic heterocycles. The molecule has 2 amide bonds. The lowest BCUT2D eigenvalue weighted by Gasteiger charge is -2.13. The van der Waals surface area contributed by atoms with Crippen molar-refractivity contribution in [2.24, 2.45) is 5.73 Å². The maximum atomic E-state index is 12.4. The van der Waals surface area contributed by atoms with Crippen molar-refractivity contribution in [3.05, 3.63) is 64.4 Å². The summed E-state index contributed by atoms with van der Waals surface area (Å²) < 4.78 is 10.8. The van der Waals surface area contributed by atoms with Gasteiger partial charge in [-0.1, -0.05) is 11.6 Å². The minimum Gasteiger partial charge on any atom is -0.449 e. The second kappa shape index (κ2) is 7.74. The number of nitrogens with one attached hydrogen (secondary N) is 1. The molecule has 1 atom stereocenters. The molecule has 0 radical (unpaired) electrons. The van der Waals surface area contributed by atoms with Crippen molar-refractivity contribution in [2.75, 3.05) is 5.32 Å². The number of carbonyl (C=O) groups excluding carboxylic acids is 3. The van der Waals surface area contributed by atoms with E-state index in [1.165, 1.54) is 31.2 Å². The molecule has 8 heteroatoms. The van der Waals surface area contributed by atoms with Gasteiger partial charge in [0.1, 0.15) is 5.58 Å². The number of hydrogen-bond acceptors (Lipinski definition) is 5. The highest BCUT2D eigenvalue weighted by atomic mass is 35.5. The van der Waals surface area contributed by atoms with Crippen molar-refractivity contribution in [1.82, 2.24) is 0 Å². The van der Waals surface area contributed by atoms with Crippen molar-refractivity contribution >= 4 is 46.0 Å². The Balaban J connectivity index is 1.69. The fourth-order valence-corrected chi connectivity index (χ4v) is 2.79. The number of nitrogens with two attached hydrogens (primary N) is 1. The van der Waals surface area contributed by atoms with Crippen LogP contribution in [0.1, 0.15) is 33.4 Å². The van der Waals surface area contributed by atoms with E-state index in [-0.39, 0.29) is 5.76 Å². The first-order valence-corrected chi connectivity index (χ1v) is 8.74. The number of primary amides is 1. The molecule has 28 heavy (non-hydrogen) atoms. The molecule has 3 rings (SSSR count). The Morgan fingerprint density at radius 3 is 2.46 bits per heavy atom. The summed E-state index contributed by atoms with van der Waals surface area (Å²) in [6.07, 6.45) is -1.07. The number of halogens is 1. The second-order valence-corrected chi connectivity index (χ2v) is 6.61. The van der Waals surface area contributed by atoms with E-state index in [1.54, 1.807) is 25.1 Å². The standard InChI is InChI=1S/C20H17ClN2O5/c1-10-15-9-13(21)5-8-16(15)28-17(10)20(26)27-11(2)19(25)23-14-6-3-12(4-7-14)18(22)24/h3-9,11H,1-2H3,(H2,22,24)(H,23,25)/t11-/m1/s1. The molecule has 144 valence electrons. The van der Waals surface area contributed by atoms with Crippen LogP contribution in [0.5, 0.6) is 0 Å². The van der Waals surface area contributed by atoms with Crippen LogP contribution in [0.3, 0.4) is 0 Å². The maximum Gasteiger partial charge on any atom is 0.375 e. The first-order valence-electron chi connectivity index (χ1n) is 8.36. The summed E-state index contributed by atoms with van der Waals surface area (Å²) in [5.41, 5.74) is 7.01. The van der Waals surface area contributed by atoms with E-state index in [9.17, 15) is 14.4 Å². The highest BCUT2D eigenvalue weighted by molar-refractivity contribution is 6.31. The number of furan rings is 1. The summed E-state index contributed by atoms with van der Waals surface area (Å²) in [4.78, 5) is 35.8.